The molecule has 0 bridgehead atoms. The summed E-state index contributed by atoms with van der Waals surface area (Å²) in [7, 11) is 0. The van der Waals surface area contributed by atoms with E-state index in [1.165, 1.54) is 0 Å². The fourth-order valence-corrected chi connectivity index (χ4v) is 1.39. The Kier molecular flexibility index (Phi) is 3.01. The molecule has 0 unspecified atom stereocenters. The van der Waals surface area contributed by atoms with Crippen molar-refractivity contribution in [3.8, 4) is 0 Å². The van der Waals surface area contributed by atoms with Crippen molar-refractivity contribution in [2.45, 2.75) is 38.3 Å². The first-order valence-corrected chi connectivity index (χ1v) is 4.46. The third-order valence-electron chi connectivity index (χ3n) is 2.24. The maximum atomic E-state index is 13.7. The molecule has 0 heterocycles. The maximum Gasteiger partial charge on any atom is 0.343 e. The van der Waals surface area contributed by atoms with Gasteiger partial charge in [0.1, 0.15) is 5.78 Å². The Bertz CT molecular complexity index is 215. The Morgan fingerprint density at radius 1 is 1.54 bits per heavy atom. The van der Waals surface area contributed by atoms with Gasteiger partial charge in [-0.2, -0.15) is 0 Å². The first-order valence-electron chi connectivity index (χ1n) is 4.46. The van der Waals surface area contributed by atoms with Crippen LogP contribution in [0, 0.1) is 0 Å². The average molecular weight is 188 g/mol. The molecule has 4 heteroatoms. The molecule has 1 rings (SSSR count). The third-order valence-corrected chi connectivity index (χ3v) is 2.24. The summed E-state index contributed by atoms with van der Waals surface area (Å²) >= 11 is 0. The molecule has 0 aromatic rings. The van der Waals surface area contributed by atoms with Gasteiger partial charge in [-0.25, -0.2) is 9.18 Å². The van der Waals surface area contributed by atoms with E-state index in [-0.39, 0.29) is 38.1 Å². The van der Waals surface area contributed by atoms with Crippen molar-refractivity contribution in [1.29, 1.82) is 0 Å². The monoisotopic (exact) mass is 188 g/mol. The van der Waals surface area contributed by atoms with Crippen molar-refractivity contribution >= 4 is 11.8 Å². The minimum atomic E-state index is -1.91. The number of rotatable bonds is 2. The summed E-state index contributed by atoms with van der Waals surface area (Å²) in [6.07, 6.45) is 0.250. The fourth-order valence-electron chi connectivity index (χ4n) is 1.39. The molecule has 3 nitrogen and oxygen atoms in total. The zero-order chi connectivity index (χ0) is 9.90. The molecule has 0 aromatic carbocycles. The second-order valence-electron chi connectivity index (χ2n) is 3.22. The van der Waals surface area contributed by atoms with Crippen LogP contribution in [0.3, 0.4) is 0 Å². The number of esters is 1. The molecule has 74 valence electrons. The van der Waals surface area contributed by atoms with Gasteiger partial charge in [-0.05, 0) is 19.8 Å². The maximum absolute atomic E-state index is 13.7. The summed E-state index contributed by atoms with van der Waals surface area (Å²) in [6, 6.07) is 0. The minimum Gasteiger partial charge on any atom is -0.464 e. The number of hydrogen-bond acceptors (Lipinski definition) is 3. The van der Waals surface area contributed by atoms with Crippen molar-refractivity contribution in [1.82, 2.24) is 0 Å². The van der Waals surface area contributed by atoms with Crippen LogP contribution in [0.15, 0.2) is 0 Å². The van der Waals surface area contributed by atoms with Gasteiger partial charge in [-0.15, -0.1) is 0 Å². The smallest absolute Gasteiger partial charge is 0.343 e. The molecule has 0 amide bonds. The lowest BCUT2D eigenvalue weighted by Gasteiger charge is -2.26. The number of halogens is 1. The number of alkyl halides is 1. The van der Waals surface area contributed by atoms with Crippen LogP contribution in [0.5, 0.6) is 0 Å². The van der Waals surface area contributed by atoms with Gasteiger partial charge in [0, 0.05) is 12.8 Å². The highest BCUT2D eigenvalue weighted by atomic mass is 19.1. The number of carbonyl (C=O) groups excluding carboxylic acids is 2. The largest absolute Gasteiger partial charge is 0.464 e. The van der Waals surface area contributed by atoms with E-state index in [1.807, 2.05) is 0 Å². The first kappa shape index (κ1) is 10.2. The number of carbonyl (C=O) groups is 2. The Morgan fingerprint density at radius 2 is 2.08 bits per heavy atom. The molecule has 0 aliphatic heterocycles. The normalized spacial score (nSPS) is 21.2. The average Bonchev–Trinajstić information content (AvgIpc) is 2.11. The summed E-state index contributed by atoms with van der Waals surface area (Å²) in [4.78, 5) is 21.9. The van der Waals surface area contributed by atoms with Crippen LogP contribution in [-0.2, 0) is 14.3 Å². The van der Waals surface area contributed by atoms with Crippen LogP contribution in [-0.4, -0.2) is 24.0 Å². The molecule has 13 heavy (non-hydrogen) atoms. The van der Waals surface area contributed by atoms with Crippen LogP contribution >= 0.6 is 0 Å². The molecule has 0 spiro atoms. The lowest BCUT2D eigenvalue weighted by atomic mass is 9.86. The highest BCUT2D eigenvalue weighted by Gasteiger charge is 2.43. The van der Waals surface area contributed by atoms with Crippen LogP contribution in [0.2, 0.25) is 0 Å². The van der Waals surface area contributed by atoms with Crippen molar-refractivity contribution in [2.24, 2.45) is 0 Å². The molecule has 0 aromatic heterocycles. The Labute approximate surface area is 76.3 Å². The van der Waals surface area contributed by atoms with E-state index in [1.54, 1.807) is 6.92 Å². The predicted molar refractivity (Wildman–Crippen MR) is 43.9 cm³/mol. The summed E-state index contributed by atoms with van der Waals surface area (Å²) < 4.78 is 18.3. The molecule has 0 N–H and O–H groups in total. The molecule has 1 fully saturated rings. The van der Waals surface area contributed by atoms with E-state index in [4.69, 9.17) is 0 Å². The van der Waals surface area contributed by atoms with Crippen molar-refractivity contribution in [3.05, 3.63) is 0 Å². The van der Waals surface area contributed by atoms with Crippen LogP contribution in [0.25, 0.3) is 0 Å². The number of ketones is 1. The summed E-state index contributed by atoms with van der Waals surface area (Å²) in [5.74, 6) is -0.792. The molecule has 1 aliphatic carbocycles. The minimum absolute atomic E-state index is 0.0231. The van der Waals surface area contributed by atoms with Crippen molar-refractivity contribution < 1.29 is 18.7 Å². The quantitative estimate of drug-likeness (QED) is 0.615. The van der Waals surface area contributed by atoms with Gasteiger partial charge in [0.05, 0.1) is 6.61 Å². The topological polar surface area (TPSA) is 43.4 Å². The Balaban J connectivity index is 2.56. The van der Waals surface area contributed by atoms with E-state index in [9.17, 15) is 14.0 Å². The standard InChI is InChI=1S/C9H13FO3/c1-2-13-8(12)9(10)5-3-7(11)4-6-9/h2-6H2,1H3. The lowest BCUT2D eigenvalue weighted by molar-refractivity contribution is -0.160. The van der Waals surface area contributed by atoms with Crippen LogP contribution in [0.1, 0.15) is 32.6 Å². The van der Waals surface area contributed by atoms with E-state index in [2.05, 4.69) is 4.74 Å². The lowest BCUT2D eigenvalue weighted by Crippen LogP contribution is -2.39. The highest BCUT2D eigenvalue weighted by Crippen LogP contribution is 2.31. The van der Waals surface area contributed by atoms with Crippen molar-refractivity contribution in [2.75, 3.05) is 6.61 Å². The first-order chi connectivity index (χ1) is 6.08. The summed E-state index contributed by atoms with van der Waals surface area (Å²) in [5, 5.41) is 0. The Hall–Kier alpha value is -0.930. The SMILES string of the molecule is CCOC(=O)C1(F)CCC(=O)CC1. The fraction of sp³-hybridized carbons (Fsp3) is 0.778. The van der Waals surface area contributed by atoms with Gasteiger partial charge in [-0.1, -0.05) is 0 Å². The van der Waals surface area contributed by atoms with Gasteiger partial charge in [0.25, 0.3) is 0 Å². The molecule has 0 atom stereocenters. The predicted octanol–water partition coefficient (Wildman–Crippen LogP) is 1.40. The van der Waals surface area contributed by atoms with Crippen LogP contribution in [0.4, 0.5) is 4.39 Å². The van der Waals surface area contributed by atoms with Gasteiger partial charge in [-0.3, -0.25) is 4.79 Å². The van der Waals surface area contributed by atoms with E-state index >= 15 is 0 Å². The molecular weight excluding hydrogens is 175 g/mol. The number of hydrogen-bond donors (Lipinski definition) is 0. The summed E-state index contributed by atoms with van der Waals surface area (Å²) in [6.45, 7) is 1.81. The van der Waals surface area contributed by atoms with E-state index in [0.717, 1.165) is 0 Å². The Morgan fingerprint density at radius 3 is 2.54 bits per heavy atom. The second-order valence-corrected chi connectivity index (χ2v) is 3.22. The molecule has 0 radical (unpaired) electrons. The number of Topliss-reactive ketones (excluding diaryl/α,β-unsaturated/α-hetero) is 1. The van der Waals surface area contributed by atoms with Gasteiger partial charge < -0.3 is 4.74 Å². The molecule has 0 saturated heterocycles. The van der Waals surface area contributed by atoms with Gasteiger partial charge in [0.2, 0.25) is 5.67 Å². The van der Waals surface area contributed by atoms with Crippen molar-refractivity contribution in [3.63, 3.8) is 0 Å². The zero-order valence-electron chi connectivity index (χ0n) is 7.64. The van der Waals surface area contributed by atoms with Crippen LogP contribution < -0.4 is 0 Å². The number of ether oxygens (including phenoxy) is 1. The molecule has 1 saturated carbocycles. The van der Waals surface area contributed by atoms with E-state index in [0.29, 0.717) is 0 Å². The zero-order valence-corrected chi connectivity index (χ0v) is 7.64. The third kappa shape index (κ3) is 2.26. The van der Waals surface area contributed by atoms with E-state index < -0.39 is 11.6 Å². The van der Waals surface area contributed by atoms with Gasteiger partial charge >= 0.3 is 5.97 Å². The van der Waals surface area contributed by atoms with Gasteiger partial charge in [0.15, 0.2) is 0 Å². The molecule has 1 aliphatic rings. The highest BCUT2D eigenvalue weighted by molar-refractivity contribution is 5.86. The second kappa shape index (κ2) is 3.85. The molecular formula is C9H13FO3. The summed E-state index contributed by atoms with van der Waals surface area (Å²) in [5.41, 5.74) is -1.91.